The maximum Gasteiger partial charge on any atom is 0.254 e. The number of aromatic amines is 1. The van der Waals surface area contributed by atoms with Gasteiger partial charge in [-0.3, -0.25) is 4.79 Å². The largest absolute Gasteiger partial charge is 0.497 e. The molecule has 7 heteroatoms. The molecule has 0 bridgehead atoms. The fourth-order valence-electron chi connectivity index (χ4n) is 3.11. The predicted molar refractivity (Wildman–Crippen MR) is 114 cm³/mol. The number of carbonyl (C=O) groups is 1. The van der Waals surface area contributed by atoms with Crippen LogP contribution in [-0.2, 0) is 6.54 Å². The van der Waals surface area contributed by atoms with Crippen LogP contribution < -0.4 is 10.1 Å². The summed E-state index contributed by atoms with van der Waals surface area (Å²) in [7, 11) is 1.62. The van der Waals surface area contributed by atoms with Crippen LogP contribution in [0, 0.1) is 11.6 Å². The molecule has 31 heavy (non-hydrogen) atoms. The number of aromatic nitrogens is 2. The summed E-state index contributed by atoms with van der Waals surface area (Å²) in [5.41, 5.74) is 3.25. The van der Waals surface area contributed by atoms with Gasteiger partial charge in [0.2, 0.25) is 0 Å². The Hall–Kier alpha value is -4.00. The van der Waals surface area contributed by atoms with E-state index in [1.165, 1.54) is 0 Å². The van der Waals surface area contributed by atoms with Gasteiger partial charge in [0.15, 0.2) is 0 Å². The molecule has 2 N–H and O–H groups in total. The van der Waals surface area contributed by atoms with Gasteiger partial charge in [0.05, 0.1) is 24.6 Å². The van der Waals surface area contributed by atoms with E-state index in [-0.39, 0.29) is 12.1 Å². The quantitative estimate of drug-likeness (QED) is 0.464. The highest BCUT2D eigenvalue weighted by molar-refractivity contribution is 5.94. The highest BCUT2D eigenvalue weighted by atomic mass is 19.1. The first-order valence-electron chi connectivity index (χ1n) is 9.55. The van der Waals surface area contributed by atoms with Crippen molar-refractivity contribution in [2.45, 2.75) is 6.54 Å². The maximum absolute atomic E-state index is 13.7. The Kier molecular flexibility index (Phi) is 5.75. The van der Waals surface area contributed by atoms with Gasteiger partial charge >= 0.3 is 0 Å². The van der Waals surface area contributed by atoms with Gasteiger partial charge in [0.1, 0.15) is 23.2 Å². The van der Waals surface area contributed by atoms with Gasteiger partial charge in [-0.2, -0.15) is 0 Å². The predicted octanol–water partition coefficient (Wildman–Crippen LogP) is 4.96. The number of nitrogens with one attached hydrogen (secondary N) is 2. The number of amides is 1. The summed E-state index contributed by atoms with van der Waals surface area (Å²) in [6, 6.07) is 17.9. The van der Waals surface area contributed by atoms with E-state index in [9.17, 15) is 13.6 Å². The fraction of sp³-hybridized carbons (Fsp3) is 0.0833. The van der Waals surface area contributed by atoms with Gasteiger partial charge in [0.25, 0.3) is 5.91 Å². The Labute approximate surface area is 177 Å². The molecule has 0 aliphatic heterocycles. The number of halogens is 2. The van der Waals surface area contributed by atoms with E-state index in [1.54, 1.807) is 13.3 Å². The summed E-state index contributed by atoms with van der Waals surface area (Å²) in [5, 5.41) is 2.60. The van der Waals surface area contributed by atoms with Gasteiger partial charge in [-0.25, -0.2) is 13.8 Å². The monoisotopic (exact) mass is 419 g/mol. The molecule has 4 rings (SSSR count). The topological polar surface area (TPSA) is 67.0 Å². The van der Waals surface area contributed by atoms with E-state index in [2.05, 4.69) is 15.3 Å². The Morgan fingerprint density at radius 3 is 2.42 bits per heavy atom. The summed E-state index contributed by atoms with van der Waals surface area (Å²) < 4.78 is 32.1. The van der Waals surface area contributed by atoms with E-state index in [4.69, 9.17) is 4.74 Å². The van der Waals surface area contributed by atoms with Gasteiger partial charge in [-0.15, -0.1) is 0 Å². The van der Waals surface area contributed by atoms with Crippen molar-refractivity contribution in [2.75, 3.05) is 7.11 Å². The van der Waals surface area contributed by atoms with Crippen molar-refractivity contribution in [3.8, 4) is 28.4 Å². The van der Waals surface area contributed by atoms with Crippen molar-refractivity contribution in [1.29, 1.82) is 0 Å². The number of hydrogen-bond donors (Lipinski definition) is 2. The van der Waals surface area contributed by atoms with Crippen LogP contribution >= 0.6 is 0 Å². The van der Waals surface area contributed by atoms with E-state index in [0.29, 0.717) is 5.82 Å². The molecule has 4 aromatic rings. The maximum atomic E-state index is 13.7. The Bertz CT molecular complexity index is 1200. The molecule has 0 spiro atoms. The Morgan fingerprint density at radius 2 is 1.71 bits per heavy atom. The third kappa shape index (κ3) is 4.61. The molecule has 156 valence electrons. The highest BCUT2D eigenvalue weighted by Crippen LogP contribution is 2.24. The summed E-state index contributed by atoms with van der Waals surface area (Å²) in [6.07, 6.45) is 1.76. The van der Waals surface area contributed by atoms with Crippen LogP contribution in [0.5, 0.6) is 5.75 Å². The molecule has 0 fully saturated rings. The number of ether oxygens (including phenoxy) is 1. The van der Waals surface area contributed by atoms with Crippen LogP contribution in [0.4, 0.5) is 8.78 Å². The molecule has 0 aliphatic carbocycles. The number of hydrogen-bond acceptors (Lipinski definition) is 3. The second kappa shape index (κ2) is 8.79. The van der Waals surface area contributed by atoms with Crippen LogP contribution in [0.15, 0.2) is 72.9 Å². The molecule has 0 unspecified atom stereocenters. The van der Waals surface area contributed by atoms with Crippen LogP contribution in [0.3, 0.4) is 0 Å². The number of carbonyl (C=O) groups excluding carboxylic acids is 1. The van der Waals surface area contributed by atoms with Crippen molar-refractivity contribution >= 4 is 5.91 Å². The van der Waals surface area contributed by atoms with Crippen molar-refractivity contribution in [1.82, 2.24) is 15.3 Å². The lowest BCUT2D eigenvalue weighted by Crippen LogP contribution is -2.24. The van der Waals surface area contributed by atoms with Crippen LogP contribution in [0.2, 0.25) is 0 Å². The molecular weight excluding hydrogens is 400 g/mol. The third-order valence-corrected chi connectivity index (χ3v) is 4.83. The average Bonchev–Trinajstić information content (AvgIpc) is 3.30. The van der Waals surface area contributed by atoms with Gasteiger partial charge in [-0.05, 0) is 53.6 Å². The summed E-state index contributed by atoms with van der Waals surface area (Å²) in [6.45, 7) is 0.185. The molecule has 1 amide bonds. The van der Waals surface area contributed by atoms with Crippen molar-refractivity contribution < 1.29 is 18.3 Å². The fourth-order valence-corrected chi connectivity index (χ4v) is 3.11. The normalized spacial score (nSPS) is 10.7. The number of benzene rings is 3. The number of imidazole rings is 1. The zero-order valence-electron chi connectivity index (χ0n) is 16.7. The number of H-pyrrole nitrogens is 1. The minimum atomic E-state index is -0.764. The molecule has 0 saturated heterocycles. The zero-order valence-corrected chi connectivity index (χ0v) is 16.7. The van der Waals surface area contributed by atoms with Crippen LogP contribution in [0.25, 0.3) is 22.6 Å². The first-order chi connectivity index (χ1) is 15.0. The van der Waals surface area contributed by atoms with E-state index < -0.39 is 17.5 Å². The molecule has 1 heterocycles. The Morgan fingerprint density at radius 1 is 1.00 bits per heavy atom. The van der Waals surface area contributed by atoms with E-state index in [1.807, 2.05) is 48.5 Å². The first kappa shape index (κ1) is 20.3. The standard InChI is InChI=1S/C24H19F2N3O2/c1-31-19-9-6-16(7-10-19)22-14-27-23(29-22)17-4-2-15(3-5-17)13-28-24(30)20-12-18(25)8-11-21(20)26/h2-12,14H,13H2,1H3,(H,27,29)(H,28,30). The van der Waals surface area contributed by atoms with Crippen LogP contribution in [-0.4, -0.2) is 23.0 Å². The highest BCUT2D eigenvalue weighted by Gasteiger charge is 2.12. The minimum absolute atomic E-state index is 0.185. The van der Waals surface area contributed by atoms with E-state index >= 15 is 0 Å². The van der Waals surface area contributed by atoms with Crippen LogP contribution in [0.1, 0.15) is 15.9 Å². The third-order valence-electron chi connectivity index (χ3n) is 4.83. The Balaban J connectivity index is 1.42. The summed E-state index contributed by atoms with van der Waals surface area (Å²) in [4.78, 5) is 19.8. The van der Waals surface area contributed by atoms with Crippen molar-refractivity contribution in [3.63, 3.8) is 0 Å². The molecule has 1 aromatic heterocycles. The molecule has 0 atom stereocenters. The second-order valence-corrected chi connectivity index (χ2v) is 6.88. The van der Waals surface area contributed by atoms with Crippen molar-refractivity contribution in [2.24, 2.45) is 0 Å². The molecule has 5 nitrogen and oxygen atoms in total. The lowest BCUT2D eigenvalue weighted by Gasteiger charge is -2.07. The first-order valence-corrected chi connectivity index (χ1v) is 9.55. The van der Waals surface area contributed by atoms with E-state index in [0.717, 1.165) is 46.3 Å². The molecule has 0 aliphatic rings. The molecule has 3 aromatic carbocycles. The lowest BCUT2D eigenvalue weighted by atomic mass is 10.1. The van der Waals surface area contributed by atoms with Gasteiger partial charge in [-0.1, -0.05) is 24.3 Å². The summed E-state index contributed by atoms with van der Waals surface area (Å²) in [5.74, 6) is -0.603. The van der Waals surface area contributed by atoms with Crippen molar-refractivity contribution in [3.05, 3.63) is 95.7 Å². The minimum Gasteiger partial charge on any atom is -0.497 e. The van der Waals surface area contributed by atoms with Gasteiger partial charge < -0.3 is 15.0 Å². The molecule has 0 saturated carbocycles. The SMILES string of the molecule is COc1ccc(-c2cnc(-c3ccc(CNC(=O)c4cc(F)ccc4F)cc3)[nH]2)cc1. The number of nitrogens with zero attached hydrogens (tertiary/aromatic N) is 1. The smallest absolute Gasteiger partial charge is 0.254 e. The van der Waals surface area contributed by atoms with Gasteiger partial charge in [0, 0.05) is 12.1 Å². The summed E-state index contributed by atoms with van der Waals surface area (Å²) >= 11 is 0. The molecular formula is C24H19F2N3O2. The number of rotatable bonds is 6. The zero-order chi connectivity index (χ0) is 21.8. The average molecular weight is 419 g/mol. The second-order valence-electron chi connectivity index (χ2n) is 6.88. The number of methoxy groups -OCH3 is 1. The molecule has 0 radical (unpaired) electrons. The lowest BCUT2D eigenvalue weighted by molar-refractivity contribution is 0.0946.